The van der Waals surface area contributed by atoms with E-state index in [1.54, 1.807) is 11.8 Å². The summed E-state index contributed by atoms with van der Waals surface area (Å²) in [5.74, 6) is 2.92. The highest BCUT2D eigenvalue weighted by Crippen LogP contribution is 2.36. The molecule has 2 N–H and O–H groups in total. The monoisotopic (exact) mass is 346 g/mol. The Hall–Kier alpha value is -1.16. The first-order valence-electron chi connectivity index (χ1n) is 9.37. The topological polar surface area (TPSA) is 47.6 Å². The molecule has 4 heteroatoms. The summed E-state index contributed by atoms with van der Waals surface area (Å²) in [6, 6.07) is 8.41. The van der Waals surface area contributed by atoms with Crippen LogP contribution in [0.4, 0.5) is 0 Å². The highest BCUT2D eigenvalue weighted by atomic mass is 32.2. The van der Waals surface area contributed by atoms with Crippen LogP contribution < -0.4 is 10.5 Å². The standard InChI is InChI=1S/C20H30N2OS/c1-20(12-14-24-19(21)22-20)17-10-5-11-18(15-17)23-13-6-9-16-7-3-2-4-8-16/h5,10-11,15-16H,2-4,6-9,12-14H2,1H3,(H2,21,22). The maximum absolute atomic E-state index is 6.02. The van der Waals surface area contributed by atoms with E-state index in [1.807, 2.05) is 0 Å². The van der Waals surface area contributed by atoms with Crippen LogP contribution in [0.15, 0.2) is 29.3 Å². The first-order chi connectivity index (χ1) is 11.7. The lowest BCUT2D eigenvalue weighted by atomic mass is 9.86. The van der Waals surface area contributed by atoms with Crippen molar-refractivity contribution in [1.82, 2.24) is 0 Å². The molecule has 0 saturated heterocycles. The number of rotatable bonds is 6. The highest BCUT2D eigenvalue weighted by molar-refractivity contribution is 8.13. The fraction of sp³-hybridized carbons (Fsp3) is 0.650. The zero-order valence-electron chi connectivity index (χ0n) is 14.8. The number of hydrogen-bond acceptors (Lipinski definition) is 4. The molecule has 2 aliphatic rings. The Labute approximate surface area is 150 Å². The van der Waals surface area contributed by atoms with Crippen molar-refractivity contribution in [2.45, 2.75) is 63.8 Å². The number of benzene rings is 1. The van der Waals surface area contributed by atoms with Gasteiger partial charge in [0.15, 0.2) is 5.17 Å². The lowest BCUT2D eigenvalue weighted by Gasteiger charge is -2.30. The molecule has 1 aromatic rings. The third-order valence-corrected chi connectivity index (χ3v) is 6.20. The summed E-state index contributed by atoms with van der Waals surface area (Å²) in [7, 11) is 0. The molecular weight excluding hydrogens is 316 g/mol. The van der Waals surface area contributed by atoms with Crippen molar-refractivity contribution in [2.24, 2.45) is 16.6 Å². The zero-order valence-corrected chi connectivity index (χ0v) is 15.6. The third-order valence-electron chi connectivity index (χ3n) is 5.40. The molecule has 1 fully saturated rings. The highest BCUT2D eigenvalue weighted by Gasteiger charge is 2.29. The number of aliphatic imine (C=N–C) groups is 1. The molecule has 1 aliphatic heterocycles. The minimum Gasteiger partial charge on any atom is -0.494 e. The molecule has 0 bridgehead atoms. The number of hydrogen-bond donors (Lipinski definition) is 1. The summed E-state index contributed by atoms with van der Waals surface area (Å²) in [5, 5.41) is 0.697. The van der Waals surface area contributed by atoms with Gasteiger partial charge in [0.1, 0.15) is 5.75 Å². The summed E-state index contributed by atoms with van der Waals surface area (Å²) in [6.07, 6.45) is 10.6. The van der Waals surface area contributed by atoms with E-state index in [1.165, 1.54) is 44.1 Å². The predicted molar refractivity (Wildman–Crippen MR) is 104 cm³/mol. The van der Waals surface area contributed by atoms with Crippen molar-refractivity contribution in [2.75, 3.05) is 12.4 Å². The van der Waals surface area contributed by atoms with Crippen molar-refractivity contribution in [3.05, 3.63) is 29.8 Å². The van der Waals surface area contributed by atoms with Gasteiger partial charge in [-0.3, -0.25) is 4.99 Å². The van der Waals surface area contributed by atoms with E-state index in [4.69, 9.17) is 10.5 Å². The van der Waals surface area contributed by atoms with E-state index in [2.05, 4.69) is 36.2 Å². The molecule has 1 atom stereocenters. The fourth-order valence-corrected chi connectivity index (χ4v) is 4.83. The minimum atomic E-state index is -0.212. The van der Waals surface area contributed by atoms with Crippen molar-refractivity contribution in [3.8, 4) is 5.75 Å². The number of thioether (sulfide) groups is 1. The van der Waals surface area contributed by atoms with Gasteiger partial charge in [0.05, 0.1) is 12.1 Å². The summed E-state index contributed by atoms with van der Waals surface area (Å²) >= 11 is 1.65. The molecule has 0 spiro atoms. The smallest absolute Gasteiger partial charge is 0.154 e. The fourth-order valence-electron chi connectivity index (χ4n) is 3.85. The molecule has 1 heterocycles. The van der Waals surface area contributed by atoms with Gasteiger partial charge in [-0.2, -0.15) is 0 Å². The molecule has 24 heavy (non-hydrogen) atoms. The second-order valence-corrected chi connectivity index (χ2v) is 8.46. The van der Waals surface area contributed by atoms with Crippen LogP contribution in [0.3, 0.4) is 0 Å². The molecule has 0 aromatic heterocycles. The molecule has 3 rings (SSSR count). The molecule has 1 aromatic carbocycles. The molecule has 132 valence electrons. The first kappa shape index (κ1) is 17.7. The first-order valence-corrected chi connectivity index (χ1v) is 10.4. The Kier molecular flexibility index (Phi) is 6.09. The van der Waals surface area contributed by atoms with Crippen molar-refractivity contribution >= 4 is 16.9 Å². The third kappa shape index (κ3) is 4.69. The van der Waals surface area contributed by atoms with Gasteiger partial charge in [0, 0.05) is 5.75 Å². The lowest BCUT2D eigenvalue weighted by molar-refractivity contribution is 0.268. The summed E-state index contributed by atoms with van der Waals surface area (Å²) in [4.78, 5) is 4.68. The van der Waals surface area contributed by atoms with Gasteiger partial charge in [-0.15, -0.1) is 0 Å². The predicted octanol–water partition coefficient (Wildman–Crippen LogP) is 5.09. The van der Waals surface area contributed by atoms with Crippen molar-refractivity contribution in [3.63, 3.8) is 0 Å². The lowest BCUT2D eigenvalue weighted by Crippen LogP contribution is -2.28. The van der Waals surface area contributed by atoms with E-state index in [0.29, 0.717) is 5.17 Å². The molecule has 0 amide bonds. The van der Waals surface area contributed by atoms with Crippen molar-refractivity contribution in [1.29, 1.82) is 0 Å². The van der Waals surface area contributed by atoms with Gasteiger partial charge in [-0.1, -0.05) is 56.0 Å². The Morgan fingerprint density at radius 1 is 1.29 bits per heavy atom. The van der Waals surface area contributed by atoms with Crippen LogP contribution in [0, 0.1) is 5.92 Å². The summed E-state index contributed by atoms with van der Waals surface area (Å²) < 4.78 is 6.02. The van der Waals surface area contributed by atoms with E-state index in [-0.39, 0.29) is 5.54 Å². The maximum atomic E-state index is 6.02. The molecular formula is C20H30N2OS. The van der Waals surface area contributed by atoms with Crippen LogP contribution in [-0.4, -0.2) is 17.5 Å². The molecule has 1 aliphatic carbocycles. The summed E-state index contributed by atoms with van der Waals surface area (Å²) in [6.45, 7) is 2.99. The number of ether oxygens (including phenoxy) is 1. The van der Waals surface area contributed by atoms with E-state index < -0.39 is 0 Å². The molecule has 1 unspecified atom stereocenters. The number of nitrogens with zero attached hydrogens (tertiary/aromatic N) is 1. The van der Waals surface area contributed by atoms with Crippen LogP contribution in [0.2, 0.25) is 0 Å². The zero-order chi connectivity index (χ0) is 16.8. The van der Waals surface area contributed by atoms with Gasteiger partial charge in [0.25, 0.3) is 0 Å². The van der Waals surface area contributed by atoms with Crippen LogP contribution in [0.1, 0.15) is 63.9 Å². The molecule has 3 nitrogen and oxygen atoms in total. The van der Waals surface area contributed by atoms with E-state index in [0.717, 1.165) is 36.9 Å². The maximum Gasteiger partial charge on any atom is 0.154 e. The normalized spacial score (nSPS) is 25.3. The van der Waals surface area contributed by atoms with Gasteiger partial charge in [-0.25, -0.2) is 0 Å². The van der Waals surface area contributed by atoms with Crippen LogP contribution in [-0.2, 0) is 5.54 Å². The number of amidine groups is 1. The SMILES string of the molecule is CC1(c2cccc(OCCCC3CCCCC3)c2)CCSC(N)=N1. The Bertz CT molecular complexity index is 569. The van der Waals surface area contributed by atoms with Crippen LogP contribution in [0.25, 0.3) is 0 Å². The average Bonchev–Trinajstić information content (AvgIpc) is 2.60. The van der Waals surface area contributed by atoms with E-state index >= 15 is 0 Å². The van der Waals surface area contributed by atoms with E-state index in [9.17, 15) is 0 Å². The Morgan fingerprint density at radius 3 is 2.92 bits per heavy atom. The minimum absolute atomic E-state index is 0.212. The van der Waals surface area contributed by atoms with Gasteiger partial charge < -0.3 is 10.5 Å². The average molecular weight is 347 g/mol. The van der Waals surface area contributed by atoms with Gasteiger partial charge >= 0.3 is 0 Å². The van der Waals surface area contributed by atoms with Crippen molar-refractivity contribution < 1.29 is 4.74 Å². The largest absolute Gasteiger partial charge is 0.494 e. The van der Waals surface area contributed by atoms with Gasteiger partial charge in [-0.05, 0) is 49.8 Å². The Morgan fingerprint density at radius 2 is 2.12 bits per heavy atom. The Balaban J connectivity index is 1.52. The number of nitrogens with two attached hydrogens (primary N) is 1. The molecule has 1 saturated carbocycles. The second-order valence-electron chi connectivity index (χ2n) is 7.34. The summed E-state index contributed by atoms with van der Waals surface area (Å²) in [5.41, 5.74) is 6.93. The molecule has 0 radical (unpaired) electrons. The quantitative estimate of drug-likeness (QED) is 0.730. The second kappa shape index (κ2) is 8.28. The van der Waals surface area contributed by atoms with Crippen LogP contribution >= 0.6 is 11.8 Å². The van der Waals surface area contributed by atoms with Crippen LogP contribution in [0.5, 0.6) is 5.75 Å². The van der Waals surface area contributed by atoms with Gasteiger partial charge in [0.2, 0.25) is 0 Å².